The third-order valence-corrected chi connectivity index (χ3v) is 3.55. The maximum absolute atomic E-state index is 12.2. The molecule has 0 saturated heterocycles. The smallest absolute Gasteiger partial charge is 0.269 e. The van der Waals surface area contributed by atoms with Crippen molar-refractivity contribution < 1.29 is 9.72 Å². The second-order valence-corrected chi connectivity index (χ2v) is 5.16. The lowest BCUT2D eigenvalue weighted by Crippen LogP contribution is -2.29. The van der Waals surface area contributed by atoms with Crippen molar-refractivity contribution in [1.82, 2.24) is 15.1 Å². The molecule has 23 heavy (non-hydrogen) atoms. The third-order valence-electron chi connectivity index (χ3n) is 3.55. The maximum atomic E-state index is 12.2. The summed E-state index contributed by atoms with van der Waals surface area (Å²) >= 11 is 0. The Morgan fingerprint density at radius 1 is 1.26 bits per heavy atom. The zero-order valence-electron chi connectivity index (χ0n) is 13.3. The van der Waals surface area contributed by atoms with Crippen LogP contribution in [0.25, 0.3) is 0 Å². The van der Waals surface area contributed by atoms with Crippen LogP contribution >= 0.6 is 0 Å². The van der Waals surface area contributed by atoms with Crippen LogP contribution in [0.3, 0.4) is 0 Å². The molecule has 8 nitrogen and oxygen atoms in total. The van der Waals surface area contributed by atoms with Crippen LogP contribution in [0, 0.1) is 24.0 Å². The first-order valence-electron chi connectivity index (χ1n) is 7.17. The summed E-state index contributed by atoms with van der Waals surface area (Å²) in [5.41, 5.74) is 2.93. The van der Waals surface area contributed by atoms with E-state index in [0.29, 0.717) is 24.3 Å². The summed E-state index contributed by atoms with van der Waals surface area (Å²) in [4.78, 5) is 22.3. The number of anilines is 1. The average molecular weight is 317 g/mol. The molecule has 2 rings (SSSR count). The fraction of sp³-hybridized carbons (Fsp3) is 0.333. The molecule has 8 heteroatoms. The van der Waals surface area contributed by atoms with Crippen molar-refractivity contribution >= 4 is 17.3 Å². The first kappa shape index (κ1) is 16.5. The lowest BCUT2D eigenvalue weighted by Gasteiger charge is -2.08. The minimum absolute atomic E-state index is 0.0476. The van der Waals surface area contributed by atoms with E-state index in [9.17, 15) is 14.9 Å². The molecule has 0 saturated carbocycles. The Balaban J connectivity index is 1.83. The van der Waals surface area contributed by atoms with Crippen LogP contribution in [0.5, 0.6) is 0 Å². The van der Waals surface area contributed by atoms with Gasteiger partial charge in [-0.2, -0.15) is 5.10 Å². The van der Waals surface area contributed by atoms with Gasteiger partial charge in [-0.25, -0.2) is 0 Å². The number of nitro groups is 1. The molecule has 0 radical (unpaired) electrons. The van der Waals surface area contributed by atoms with Gasteiger partial charge in [-0.15, -0.1) is 0 Å². The van der Waals surface area contributed by atoms with Gasteiger partial charge in [-0.3, -0.25) is 19.6 Å². The van der Waals surface area contributed by atoms with Crippen molar-refractivity contribution in [2.45, 2.75) is 13.8 Å². The van der Waals surface area contributed by atoms with Gasteiger partial charge in [0.25, 0.3) is 11.6 Å². The Labute approximate surface area is 133 Å². The largest absolute Gasteiger partial charge is 0.383 e. The minimum atomic E-state index is -0.442. The van der Waals surface area contributed by atoms with Crippen LogP contribution in [0.4, 0.5) is 11.4 Å². The van der Waals surface area contributed by atoms with E-state index in [1.807, 2.05) is 6.92 Å². The highest BCUT2D eigenvalue weighted by atomic mass is 16.6. The molecule has 2 N–H and O–H groups in total. The molecule has 0 bridgehead atoms. The quantitative estimate of drug-likeness (QED) is 0.480. The third kappa shape index (κ3) is 3.85. The first-order valence-corrected chi connectivity index (χ1v) is 7.17. The van der Waals surface area contributed by atoms with E-state index in [1.165, 1.54) is 12.1 Å². The molecule has 1 amide bonds. The van der Waals surface area contributed by atoms with Crippen LogP contribution in [0.2, 0.25) is 0 Å². The molecule has 1 aromatic carbocycles. The predicted molar refractivity (Wildman–Crippen MR) is 86.6 cm³/mol. The number of carbonyl (C=O) groups excluding carboxylic acids is 1. The average Bonchev–Trinajstić information content (AvgIpc) is 2.77. The van der Waals surface area contributed by atoms with Crippen LogP contribution in [-0.2, 0) is 7.05 Å². The number of aryl methyl sites for hydroxylation is 2. The number of amides is 1. The molecule has 0 aliphatic carbocycles. The highest BCUT2D eigenvalue weighted by Gasteiger charge is 2.16. The topological polar surface area (TPSA) is 102 Å². The van der Waals surface area contributed by atoms with Crippen molar-refractivity contribution in [2.75, 3.05) is 18.4 Å². The van der Waals surface area contributed by atoms with Gasteiger partial charge < -0.3 is 10.6 Å². The van der Waals surface area contributed by atoms with Gasteiger partial charge in [0.2, 0.25) is 0 Å². The number of nitrogens with one attached hydrogen (secondary N) is 2. The molecule has 0 unspecified atom stereocenters. The molecule has 0 fully saturated rings. The Kier molecular flexibility index (Phi) is 4.95. The lowest BCUT2D eigenvalue weighted by molar-refractivity contribution is -0.384. The number of nitrogens with zero attached hydrogens (tertiary/aromatic N) is 3. The van der Waals surface area contributed by atoms with Crippen molar-refractivity contribution in [1.29, 1.82) is 0 Å². The molecule has 1 aromatic heterocycles. The normalized spacial score (nSPS) is 10.4. The monoisotopic (exact) mass is 317 g/mol. The van der Waals surface area contributed by atoms with E-state index in [2.05, 4.69) is 15.7 Å². The summed E-state index contributed by atoms with van der Waals surface area (Å²) in [6, 6.07) is 6.14. The van der Waals surface area contributed by atoms with E-state index in [-0.39, 0.29) is 11.6 Å². The fourth-order valence-electron chi connectivity index (χ4n) is 2.27. The van der Waals surface area contributed by atoms with Gasteiger partial charge in [0.05, 0.1) is 16.2 Å². The number of carbonyl (C=O) groups is 1. The number of hydrogen-bond donors (Lipinski definition) is 2. The summed E-state index contributed by atoms with van der Waals surface area (Å²) < 4.78 is 1.68. The number of benzene rings is 1. The van der Waals surface area contributed by atoms with E-state index in [1.54, 1.807) is 30.8 Å². The van der Waals surface area contributed by atoms with E-state index >= 15 is 0 Å². The second-order valence-electron chi connectivity index (χ2n) is 5.16. The first-order chi connectivity index (χ1) is 10.9. The fourth-order valence-corrected chi connectivity index (χ4v) is 2.27. The summed E-state index contributed by atoms with van der Waals surface area (Å²) in [7, 11) is 1.80. The Bertz CT molecular complexity index is 721. The zero-order valence-corrected chi connectivity index (χ0v) is 13.3. The van der Waals surface area contributed by atoms with Gasteiger partial charge in [0.1, 0.15) is 0 Å². The SMILES string of the molecule is Cc1nn(C)c(C)c1C(=O)NCCNc1ccc([N+](=O)[O-])cc1. The molecule has 0 spiro atoms. The number of nitro benzene ring substituents is 1. The van der Waals surface area contributed by atoms with Crippen molar-refractivity contribution in [2.24, 2.45) is 7.05 Å². The number of rotatable bonds is 6. The Morgan fingerprint density at radius 2 is 1.91 bits per heavy atom. The molecular formula is C15H19N5O3. The molecular weight excluding hydrogens is 298 g/mol. The summed E-state index contributed by atoms with van der Waals surface area (Å²) in [5.74, 6) is -0.154. The van der Waals surface area contributed by atoms with E-state index in [4.69, 9.17) is 0 Å². The zero-order chi connectivity index (χ0) is 17.0. The Hall–Kier alpha value is -2.90. The van der Waals surface area contributed by atoms with Crippen LogP contribution in [-0.4, -0.2) is 33.7 Å². The predicted octanol–water partition coefficient (Wildman–Crippen LogP) is 1.79. The standard InChI is InChI=1S/C15H19N5O3/c1-10-14(11(2)19(3)18-10)15(21)17-9-8-16-12-4-6-13(7-5-12)20(22)23/h4-7,16H,8-9H2,1-3H3,(H,17,21). The number of aromatic nitrogens is 2. The maximum Gasteiger partial charge on any atom is 0.269 e. The van der Waals surface area contributed by atoms with Crippen molar-refractivity contribution in [3.8, 4) is 0 Å². The van der Waals surface area contributed by atoms with Gasteiger partial charge in [-0.05, 0) is 26.0 Å². The lowest BCUT2D eigenvalue weighted by atomic mass is 10.2. The Morgan fingerprint density at radius 3 is 2.43 bits per heavy atom. The van der Waals surface area contributed by atoms with E-state index < -0.39 is 4.92 Å². The van der Waals surface area contributed by atoms with Gasteiger partial charge >= 0.3 is 0 Å². The van der Waals surface area contributed by atoms with Crippen LogP contribution in [0.15, 0.2) is 24.3 Å². The summed E-state index contributed by atoms with van der Waals surface area (Å²) in [5, 5.41) is 20.7. The molecule has 0 atom stereocenters. The van der Waals surface area contributed by atoms with Gasteiger partial charge in [-0.1, -0.05) is 0 Å². The molecule has 0 aliphatic rings. The van der Waals surface area contributed by atoms with Crippen LogP contribution in [0.1, 0.15) is 21.7 Å². The highest BCUT2D eigenvalue weighted by Crippen LogP contribution is 2.15. The number of hydrogen-bond acceptors (Lipinski definition) is 5. The second kappa shape index (κ2) is 6.91. The van der Waals surface area contributed by atoms with Crippen molar-refractivity contribution in [3.63, 3.8) is 0 Å². The van der Waals surface area contributed by atoms with Gasteiger partial charge in [0, 0.05) is 43.7 Å². The summed E-state index contributed by atoms with van der Waals surface area (Å²) in [6.45, 7) is 4.60. The highest BCUT2D eigenvalue weighted by molar-refractivity contribution is 5.96. The molecule has 0 aliphatic heterocycles. The van der Waals surface area contributed by atoms with E-state index in [0.717, 1.165) is 11.4 Å². The molecule has 2 aromatic rings. The van der Waals surface area contributed by atoms with Gasteiger partial charge in [0.15, 0.2) is 0 Å². The molecule has 1 heterocycles. The van der Waals surface area contributed by atoms with Crippen molar-refractivity contribution in [3.05, 3.63) is 51.3 Å². The molecule has 122 valence electrons. The minimum Gasteiger partial charge on any atom is -0.383 e. The van der Waals surface area contributed by atoms with Crippen LogP contribution < -0.4 is 10.6 Å². The summed E-state index contributed by atoms with van der Waals surface area (Å²) in [6.07, 6.45) is 0. The number of non-ortho nitro benzene ring substituents is 1.